The number of amides is 1. The highest BCUT2D eigenvalue weighted by molar-refractivity contribution is 5.65. The molecule has 2 aliphatic rings. The van der Waals surface area contributed by atoms with Crippen molar-refractivity contribution in [1.29, 1.82) is 0 Å². The van der Waals surface area contributed by atoms with Crippen LogP contribution in [0.3, 0.4) is 0 Å². The van der Waals surface area contributed by atoms with Crippen molar-refractivity contribution in [1.82, 2.24) is 15.1 Å². The molecule has 0 aromatic carbocycles. The Labute approximate surface area is 108 Å². The summed E-state index contributed by atoms with van der Waals surface area (Å²) in [6, 6.07) is 0.692. The fraction of sp³-hybridized carbons (Fsp3) is 0.917. The van der Waals surface area contributed by atoms with Crippen LogP contribution in [0.5, 0.6) is 0 Å². The molecule has 0 radical (unpaired) electrons. The normalized spacial score (nSPS) is 34.6. The van der Waals surface area contributed by atoms with E-state index >= 15 is 0 Å². The first-order valence-electron chi connectivity index (χ1n) is 6.62. The lowest BCUT2D eigenvalue weighted by Gasteiger charge is -2.41. The highest BCUT2D eigenvalue weighted by Gasteiger charge is 2.30. The topological polar surface area (TPSA) is 65.0 Å². The zero-order chi connectivity index (χ0) is 13.1. The Balaban J connectivity index is 1.87. The summed E-state index contributed by atoms with van der Waals surface area (Å²) in [7, 11) is 0. The number of nitrogens with zero attached hydrogens (tertiary/aromatic N) is 2. The van der Waals surface area contributed by atoms with Gasteiger partial charge in [0.15, 0.2) is 0 Å². The average Bonchev–Trinajstić information content (AvgIpc) is 2.34. The zero-order valence-electron chi connectivity index (χ0n) is 11.1. The number of hydrogen-bond acceptors (Lipinski definition) is 4. The van der Waals surface area contributed by atoms with Crippen molar-refractivity contribution < 1.29 is 14.6 Å². The molecule has 0 aliphatic carbocycles. The Morgan fingerprint density at radius 2 is 2.22 bits per heavy atom. The molecular formula is C12H23N3O3. The van der Waals surface area contributed by atoms with E-state index in [-0.39, 0.29) is 12.1 Å². The predicted octanol–water partition coefficient (Wildman–Crippen LogP) is 0.0474. The first kappa shape index (κ1) is 13.6. The summed E-state index contributed by atoms with van der Waals surface area (Å²) in [6.45, 7) is 8.76. The lowest BCUT2D eigenvalue weighted by atomic mass is 10.1. The van der Waals surface area contributed by atoms with Gasteiger partial charge >= 0.3 is 6.09 Å². The molecule has 2 N–H and O–H groups in total. The molecule has 3 atom stereocenters. The quantitative estimate of drug-likeness (QED) is 0.731. The van der Waals surface area contributed by atoms with Crippen LogP contribution in [0.25, 0.3) is 0 Å². The average molecular weight is 257 g/mol. The van der Waals surface area contributed by atoms with E-state index in [0.29, 0.717) is 12.6 Å². The first-order chi connectivity index (χ1) is 8.58. The van der Waals surface area contributed by atoms with Gasteiger partial charge < -0.3 is 20.1 Å². The van der Waals surface area contributed by atoms with Crippen LogP contribution in [0.2, 0.25) is 0 Å². The van der Waals surface area contributed by atoms with E-state index in [1.54, 1.807) is 0 Å². The third-order valence-electron chi connectivity index (χ3n) is 3.86. The lowest BCUT2D eigenvalue weighted by Crippen LogP contribution is -2.61. The molecule has 2 saturated heterocycles. The number of carboxylic acid groups (broad SMARTS) is 1. The Kier molecular flexibility index (Phi) is 4.42. The number of rotatable bonds is 2. The van der Waals surface area contributed by atoms with Gasteiger partial charge in [-0.3, -0.25) is 4.90 Å². The van der Waals surface area contributed by atoms with Gasteiger partial charge in [-0.05, 0) is 13.8 Å². The molecule has 2 heterocycles. The largest absolute Gasteiger partial charge is 0.465 e. The fourth-order valence-corrected chi connectivity index (χ4v) is 2.63. The highest BCUT2D eigenvalue weighted by atomic mass is 16.5. The Hall–Kier alpha value is -0.850. The number of hydrogen-bond donors (Lipinski definition) is 2. The Morgan fingerprint density at radius 3 is 2.89 bits per heavy atom. The maximum Gasteiger partial charge on any atom is 0.407 e. The van der Waals surface area contributed by atoms with Crippen molar-refractivity contribution in [2.24, 2.45) is 0 Å². The molecule has 104 valence electrons. The van der Waals surface area contributed by atoms with Crippen LogP contribution in [0, 0.1) is 0 Å². The summed E-state index contributed by atoms with van der Waals surface area (Å²) in [6.07, 6.45) is -0.816. The minimum absolute atomic E-state index is 0.0564. The standard InChI is InChI=1S/C12H23N3O3/c1-9-5-13-11(7-15(9)12(16)17)6-14-3-4-18-8-10(14)2/h9-11,13H,3-8H2,1-2H3,(H,16,17)/t9-,10?,11+/m1/s1. The zero-order valence-corrected chi connectivity index (χ0v) is 11.1. The van der Waals surface area contributed by atoms with Crippen molar-refractivity contribution in [2.75, 3.05) is 39.4 Å². The predicted molar refractivity (Wildman–Crippen MR) is 67.8 cm³/mol. The summed E-state index contributed by atoms with van der Waals surface area (Å²) in [4.78, 5) is 15.0. The molecule has 1 amide bonds. The molecule has 6 nitrogen and oxygen atoms in total. The summed E-state index contributed by atoms with van der Waals surface area (Å²) >= 11 is 0. The van der Waals surface area contributed by atoms with Gasteiger partial charge in [0.05, 0.1) is 13.2 Å². The van der Waals surface area contributed by atoms with Crippen LogP contribution in [0.1, 0.15) is 13.8 Å². The van der Waals surface area contributed by atoms with Crippen LogP contribution >= 0.6 is 0 Å². The van der Waals surface area contributed by atoms with Gasteiger partial charge in [-0.2, -0.15) is 0 Å². The third-order valence-corrected chi connectivity index (χ3v) is 3.86. The first-order valence-corrected chi connectivity index (χ1v) is 6.62. The van der Waals surface area contributed by atoms with Gasteiger partial charge in [-0.1, -0.05) is 0 Å². The molecule has 2 fully saturated rings. The molecule has 0 aromatic rings. The summed E-state index contributed by atoms with van der Waals surface area (Å²) in [5.41, 5.74) is 0. The van der Waals surface area contributed by atoms with E-state index < -0.39 is 6.09 Å². The summed E-state index contributed by atoms with van der Waals surface area (Å²) in [5, 5.41) is 12.6. The molecular weight excluding hydrogens is 234 g/mol. The van der Waals surface area contributed by atoms with Crippen molar-refractivity contribution in [3.8, 4) is 0 Å². The maximum absolute atomic E-state index is 11.1. The van der Waals surface area contributed by atoms with Crippen molar-refractivity contribution >= 4 is 6.09 Å². The van der Waals surface area contributed by atoms with E-state index in [9.17, 15) is 4.79 Å². The van der Waals surface area contributed by atoms with Crippen molar-refractivity contribution in [3.05, 3.63) is 0 Å². The molecule has 2 rings (SSSR count). The second-order valence-corrected chi connectivity index (χ2v) is 5.31. The third kappa shape index (κ3) is 3.13. The second kappa shape index (κ2) is 5.86. The number of ether oxygens (including phenoxy) is 1. The molecule has 6 heteroatoms. The lowest BCUT2D eigenvalue weighted by molar-refractivity contribution is -0.00908. The molecule has 18 heavy (non-hydrogen) atoms. The molecule has 0 spiro atoms. The summed E-state index contributed by atoms with van der Waals surface area (Å²) in [5.74, 6) is 0. The minimum Gasteiger partial charge on any atom is -0.465 e. The Bertz CT molecular complexity index is 300. The van der Waals surface area contributed by atoms with E-state index in [0.717, 1.165) is 32.8 Å². The maximum atomic E-state index is 11.1. The number of nitrogens with one attached hydrogen (secondary N) is 1. The SMILES string of the molecule is CC1COCCN1C[C@H]1CN(C(=O)O)[C@H](C)CN1. The van der Waals surface area contributed by atoms with E-state index in [1.807, 2.05) is 6.92 Å². The highest BCUT2D eigenvalue weighted by Crippen LogP contribution is 2.11. The monoisotopic (exact) mass is 257 g/mol. The molecule has 0 saturated carbocycles. The number of piperazine rings is 1. The Morgan fingerprint density at radius 1 is 1.44 bits per heavy atom. The van der Waals surface area contributed by atoms with Gasteiger partial charge in [0, 0.05) is 44.3 Å². The van der Waals surface area contributed by atoms with Gasteiger partial charge in [0.25, 0.3) is 0 Å². The molecule has 2 aliphatic heterocycles. The smallest absolute Gasteiger partial charge is 0.407 e. The van der Waals surface area contributed by atoms with Crippen LogP contribution < -0.4 is 5.32 Å². The van der Waals surface area contributed by atoms with Crippen LogP contribution in [0.15, 0.2) is 0 Å². The number of carbonyl (C=O) groups is 1. The molecule has 0 aromatic heterocycles. The van der Waals surface area contributed by atoms with E-state index in [2.05, 4.69) is 17.1 Å². The molecule has 0 bridgehead atoms. The van der Waals surface area contributed by atoms with E-state index in [4.69, 9.17) is 9.84 Å². The van der Waals surface area contributed by atoms with Gasteiger partial charge in [-0.15, -0.1) is 0 Å². The molecule has 1 unspecified atom stereocenters. The van der Waals surface area contributed by atoms with E-state index in [1.165, 1.54) is 4.90 Å². The fourth-order valence-electron chi connectivity index (χ4n) is 2.63. The van der Waals surface area contributed by atoms with Gasteiger partial charge in [-0.25, -0.2) is 4.79 Å². The van der Waals surface area contributed by atoms with Crippen LogP contribution in [0.4, 0.5) is 4.79 Å². The van der Waals surface area contributed by atoms with Gasteiger partial charge in [0.2, 0.25) is 0 Å². The summed E-state index contributed by atoms with van der Waals surface area (Å²) < 4.78 is 5.41. The number of morpholine rings is 1. The minimum atomic E-state index is -0.816. The van der Waals surface area contributed by atoms with Gasteiger partial charge in [0.1, 0.15) is 0 Å². The van der Waals surface area contributed by atoms with Crippen LogP contribution in [-0.2, 0) is 4.74 Å². The van der Waals surface area contributed by atoms with Crippen molar-refractivity contribution in [2.45, 2.75) is 32.0 Å². The second-order valence-electron chi connectivity index (χ2n) is 5.31. The van der Waals surface area contributed by atoms with Crippen LogP contribution in [-0.4, -0.2) is 78.5 Å². The van der Waals surface area contributed by atoms with Crippen molar-refractivity contribution in [3.63, 3.8) is 0 Å².